The molecule has 4 aliphatic rings. The lowest BCUT2D eigenvalue weighted by Crippen LogP contribution is -2.15. The molecule has 4 aliphatic heterocycles. The molecule has 23 heavy (non-hydrogen) atoms. The van der Waals surface area contributed by atoms with Gasteiger partial charge in [-0.15, -0.1) is 0 Å². The highest BCUT2D eigenvalue weighted by Crippen LogP contribution is 2.17. The minimum Gasteiger partial charge on any atom is -0.385 e. The Bertz CT molecular complexity index is 862. The molecule has 4 heteroatoms. The molecule has 0 saturated carbocycles. The summed E-state index contributed by atoms with van der Waals surface area (Å²) in [6, 6.07) is 0.349. The predicted octanol–water partition coefficient (Wildman–Crippen LogP) is 2.93. The van der Waals surface area contributed by atoms with E-state index in [2.05, 4.69) is 44.0 Å². The topological polar surface area (TPSA) is 49.1 Å². The lowest BCUT2D eigenvalue weighted by Gasteiger charge is -2.03. The van der Waals surface area contributed by atoms with Crippen LogP contribution in [-0.2, 0) is 0 Å². The lowest BCUT2D eigenvalue weighted by molar-refractivity contribution is 0.754. The van der Waals surface area contributed by atoms with Crippen molar-refractivity contribution < 1.29 is 0 Å². The summed E-state index contributed by atoms with van der Waals surface area (Å²) in [4.78, 5) is 13.2. The average molecular weight is 298 g/mol. The molecule has 1 unspecified atom stereocenters. The molecule has 0 spiro atoms. The van der Waals surface area contributed by atoms with Gasteiger partial charge in [-0.25, -0.2) is 9.98 Å². The van der Waals surface area contributed by atoms with Gasteiger partial charge in [-0.3, -0.25) is 0 Å². The molecule has 0 aromatic heterocycles. The summed E-state index contributed by atoms with van der Waals surface area (Å²) in [6.07, 6.45) is 20.9. The smallest absolute Gasteiger partial charge is 0.0842 e. The van der Waals surface area contributed by atoms with Crippen LogP contribution in [0.25, 0.3) is 0 Å². The molecule has 1 atom stereocenters. The standard InChI is InChI=1S/C19H14N4/c1-3-14(20-9-1)11-16-5-7-18(22-16)13-19-8-6-17(23-19)12-15-4-2-10-21-15/h1,4-9,11-14,20H,3H2. The molecule has 0 amide bonds. The second-order valence-corrected chi connectivity index (χ2v) is 5.39. The Hall–Kier alpha value is -3.19. The molecule has 1 N–H and O–H groups in total. The van der Waals surface area contributed by atoms with Crippen LogP contribution >= 0.6 is 0 Å². The van der Waals surface area contributed by atoms with Crippen molar-refractivity contribution in [2.75, 3.05) is 0 Å². The van der Waals surface area contributed by atoms with Gasteiger partial charge in [-0.05, 0) is 60.9 Å². The van der Waals surface area contributed by atoms with Crippen LogP contribution in [0.4, 0.5) is 0 Å². The molecule has 0 aromatic carbocycles. The number of allylic oxidation sites excluding steroid dienone is 7. The fourth-order valence-corrected chi connectivity index (χ4v) is 2.53. The third-order valence-corrected chi connectivity index (χ3v) is 3.62. The number of hydrogen-bond acceptors (Lipinski definition) is 4. The third kappa shape index (κ3) is 3.19. The summed E-state index contributed by atoms with van der Waals surface area (Å²) in [5, 5.41) is 3.27. The Kier molecular flexibility index (Phi) is 3.45. The Morgan fingerprint density at radius 1 is 1.00 bits per heavy atom. The van der Waals surface area contributed by atoms with E-state index in [1.165, 1.54) is 0 Å². The van der Waals surface area contributed by atoms with Crippen LogP contribution < -0.4 is 5.32 Å². The highest BCUT2D eigenvalue weighted by molar-refractivity contribution is 6.11. The van der Waals surface area contributed by atoms with Crippen molar-refractivity contribution in [1.29, 1.82) is 0 Å². The zero-order valence-electron chi connectivity index (χ0n) is 12.4. The largest absolute Gasteiger partial charge is 0.385 e. The van der Waals surface area contributed by atoms with Gasteiger partial charge < -0.3 is 5.32 Å². The van der Waals surface area contributed by atoms with Crippen LogP contribution in [0.5, 0.6) is 0 Å². The van der Waals surface area contributed by atoms with Crippen LogP contribution in [0.2, 0.25) is 0 Å². The monoisotopic (exact) mass is 298 g/mol. The number of hydrogen-bond donors (Lipinski definition) is 1. The lowest BCUT2D eigenvalue weighted by atomic mass is 10.2. The Labute approximate surface area is 134 Å². The number of rotatable bonds is 3. The maximum atomic E-state index is 4.60. The van der Waals surface area contributed by atoms with E-state index < -0.39 is 0 Å². The van der Waals surface area contributed by atoms with Crippen LogP contribution in [0.1, 0.15) is 6.42 Å². The molecule has 0 fully saturated rings. The maximum Gasteiger partial charge on any atom is 0.0842 e. The highest BCUT2D eigenvalue weighted by Gasteiger charge is 2.10. The first-order valence-electron chi connectivity index (χ1n) is 7.49. The van der Waals surface area contributed by atoms with Crippen molar-refractivity contribution in [3.05, 3.63) is 83.7 Å². The summed E-state index contributed by atoms with van der Waals surface area (Å²) < 4.78 is 0. The molecular weight excluding hydrogens is 284 g/mol. The van der Waals surface area contributed by atoms with Gasteiger partial charge in [0.15, 0.2) is 0 Å². The summed E-state index contributed by atoms with van der Waals surface area (Å²) in [5.41, 5.74) is 7.29. The van der Waals surface area contributed by atoms with Crippen molar-refractivity contribution in [3.8, 4) is 0 Å². The second kappa shape index (κ2) is 5.90. The Balaban J connectivity index is 1.47. The first kappa shape index (κ1) is 13.5. The molecule has 110 valence electrons. The maximum absolute atomic E-state index is 4.60. The van der Waals surface area contributed by atoms with E-state index in [0.717, 1.165) is 34.9 Å². The zero-order valence-corrected chi connectivity index (χ0v) is 12.4. The van der Waals surface area contributed by atoms with Crippen LogP contribution in [-0.4, -0.2) is 23.3 Å². The summed E-state index contributed by atoms with van der Waals surface area (Å²) in [7, 11) is 0. The molecular formula is C19H14N4. The van der Waals surface area contributed by atoms with Crippen molar-refractivity contribution in [2.24, 2.45) is 15.0 Å². The second-order valence-electron chi connectivity index (χ2n) is 5.39. The molecule has 4 heterocycles. The minimum absolute atomic E-state index is 0.349. The first-order chi connectivity index (χ1) is 11.3. The Morgan fingerprint density at radius 3 is 2.52 bits per heavy atom. The van der Waals surface area contributed by atoms with Crippen LogP contribution in [0.15, 0.2) is 98.7 Å². The molecule has 4 nitrogen and oxygen atoms in total. The molecule has 0 radical (unpaired) electrons. The van der Waals surface area contributed by atoms with Gasteiger partial charge in [0, 0.05) is 18.0 Å². The van der Waals surface area contributed by atoms with Gasteiger partial charge in [0.25, 0.3) is 0 Å². The summed E-state index contributed by atoms with van der Waals surface area (Å²) in [5.74, 6) is 2.66. The van der Waals surface area contributed by atoms with Crippen molar-refractivity contribution in [3.63, 3.8) is 0 Å². The first-order valence-corrected chi connectivity index (χ1v) is 7.49. The van der Waals surface area contributed by atoms with E-state index in [-0.39, 0.29) is 0 Å². The van der Waals surface area contributed by atoms with Gasteiger partial charge in [-0.1, -0.05) is 6.08 Å². The van der Waals surface area contributed by atoms with Gasteiger partial charge >= 0.3 is 0 Å². The Morgan fingerprint density at radius 2 is 1.78 bits per heavy atom. The van der Waals surface area contributed by atoms with E-state index in [1.54, 1.807) is 6.08 Å². The van der Waals surface area contributed by atoms with Crippen molar-refractivity contribution >= 4 is 17.3 Å². The normalized spacial score (nSPS) is 28.7. The fourth-order valence-electron chi connectivity index (χ4n) is 2.53. The van der Waals surface area contributed by atoms with E-state index in [4.69, 9.17) is 0 Å². The number of nitrogens with zero attached hydrogens (tertiary/aromatic N) is 3. The third-order valence-electron chi connectivity index (χ3n) is 3.62. The summed E-state index contributed by atoms with van der Waals surface area (Å²) in [6.45, 7) is 0. The van der Waals surface area contributed by atoms with E-state index in [9.17, 15) is 0 Å². The van der Waals surface area contributed by atoms with Crippen LogP contribution in [0, 0.1) is 0 Å². The molecule has 0 aromatic rings. The number of aliphatic imine (C=N–C) groups is 3. The van der Waals surface area contributed by atoms with Gasteiger partial charge in [0.2, 0.25) is 0 Å². The van der Waals surface area contributed by atoms with E-state index in [0.29, 0.717) is 6.04 Å². The fraction of sp³-hybridized carbons (Fsp3) is 0.105. The predicted molar refractivity (Wildman–Crippen MR) is 93.6 cm³/mol. The average Bonchev–Trinajstić information content (AvgIpc) is 3.31. The highest BCUT2D eigenvalue weighted by atomic mass is 14.9. The number of nitrogens with one attached hydrogen (secondary N) is 1. The van der Waals surface area contributed by atoms with Gasteiger partial charge in [0.05, 0.1) is 28.5 Å². The van der Waals surface area contributed by atoms with E-state index >= 15 is 0 Å². The molecule has 4 rings (SSSR count). The molecule has 0 bridgehead atoms. The molecule has 0 saturated heterocycles. The van der Waals surface area contributed by atoms with Crippen LogP contribution in [0.3, 0.4) is 0 Å². The quantitative estimate of drug-likeness (QED) is 0.800. The summed E-state index contributed by atoms with van der Waals surface area (Å²) >= 11 is 0. The zero-order chi connectivity index (χ0) is 15.5. The SMILES string of the molecule is C1=C=NC(=CC2=NC(=CC3=NC(=CC4CC=CN4)C=C3)C=C2)C=1. The van der Waals surface area contributed by atoms with Gasteiger partial charge in [-0.2, -0.15) is 4.99 Å². The van der Waals surface area contributed by atoms with E-state index in [1.807, 2.05) is 42.7 Å². The molecule has 0 aliphatic carbocycles. The van der Waals surface area contributed by atoms with Crippen molar-refractivity contribution in [2.45, 2.75) is 12.5 Å². The minimum atomic E-state index is 0.349. The van der Waals surface area contributed by atoms with Crippen molar-refractivity contribution in [1.82, 2.24) is 5.32 Å². The van der Waals surface area contributed by atoms with Gasteiger partial charge in [0.1, 0.15) is 0 Å².